The summed E-state index contributed by atoms with van der Waals surface area (Å²) in [4.78, 5) is 0. The van der Waals surface area contributed by atoms with Crippen LogP contribution in [0, 0.1) is 6.08 Å². The van der Waals surface area contributed by atoms with Crippen LogP contribution in [0.15, 0.2) is 17.7 Å². The molecule has 0 saturated heterocycles. The van der Waals surface area contributed by atoms with Gasteiger partial charge in [-0.25, -0.2) is 18.2 Å². The molecule has 0 saturated carbocycles. The molecule has 0 bridgehead atoms. The Balaban J connectivity index is 0.000000640. The van der Waals surface area contributed by atoms with Crippen molar-refractivity contribution in [3.05, 3.63) is 23.8 Å². The topological polar surface area (TPSA) is 0 Å². The zero-order valence-electron chi connectivity index (χ0n) is 5.91. The fourth-order valence-electron chi connectivity index (χ4n) is 0.994. The van der Waals surface area contributed by atoms with Gasteiger partial charge in [-0.15, -0.1) is 0 Å². The number of rotatable bonds is 0. The van der Waals surface area contributed by atoms with Gasteiger partial charge in [-0.05, 0) is 12.8 Å². The summed E-state index contributed by atoms with van der Waals surface area (Å²) in [5.74, 6) is 0. The van der Waals surface area contributed by atoms with Gasteiger partial charge < -0.3 is 0 Å². The maximum Gasteiger partial charge on any atom is 3.00 e. The summed E-state index contributed by atoms with van der Waals surface area (Å²) in [7, 11) is 0. The molecule has 44 valence electrons. The van der Waals surface area contributed by atoms with E-state index < -0.39 is 0 Å². The molecule has 1 heteroatoms. The molecule has 0 amide bonds. The number of hydrogen-bond donors (Lipinski definition) is 0. The summed E-state index contributed by atoms with van der Waals surface area (Å²) in [6.45, 7) is 5.95. The minimum Gasteiger partial charge on any atom is -0.249 e. The van der Waals surface area contributed by atoms with Crippen molar-refractivity contribution in [3.8, 4) is 0 Å². The second-order valence-corrected chi connectivity index (χ2v) is 2.36. The molecule has 0 unspecified atom stereocenters. The van der Waals surface area contributed by atoms with Gasteiger partial charge in [-0.2, -0.15) is 5.57 Å². The maximum absolute atomic E-state index is 3.83. The largest absolute Gasteiger partial charge is 3.00 e. The molecule has 0 spiro atoms. The first-order valence-electron chi connectivity index (χ1n) is 3.06. The van der Waals surface area contributed by atoms with E-state index in [-0.39, 0.29) is 32.7 Å². The molecule has 1 rings (SSSR count). The maximum atomic E-state index is 3.83. The third-order valence-electron chi connectivity index (χ3n) is 1.42. The Morgan fingerprint density at radius 2 is 2.11 bits per heavy atom. The van der Waals surface area contributed by atoms with Gasteiger partial charge in [0.2, 0.25) is 0 Å². The summed E-state index contributed by atoms with van der Waals surface area (Å²) < 4.78 is 0. The summed E-state index contributed by atoms with van der Waals surface area (Å²) >= 11 is 0. The van der Waals surface area contributed by atoms with Gasteiger partial charge in [-0.3, -0.25) is 0 Å². The average Bonchev–Trinajstić information content (AvgIpc) is 1.64. The first-order chi connectivity index (χ1) is 3.79. The molecule has 0 nitrogen and oxygen atoms in total. The molecule has 0 heterocycles. The van der Waals surface area contributed by atoms with Crippen LogP contribution in [0.5, 0.6) is 0 Å². The van der Waals surface area contributed by atoms with Gasteiger partial charge >= 0.3 is 32.7 Å². The second kappa shape index (κ2) is 4.41. The van der Waals surface area contributed by atoms with Crippen molar-refractivity contribution >= 4 is 0 Å². The van der Waals surface area contributed by atoms with E-state index in [1.807, 2.05) is 0 Å². The van der Waals surface area contributed by atoms with Crippen molar-refractivity contribution in [2.45, 2.75) is 26.2 Å². The first-order valence-corrected chi connectivity index (χ1v) is 3.06. The third kappa shape index (κ3) is 3.32. The van der Waals surface area contributed by atoms with Crippen molar-refractivity contribution in [3.63, 3.8) is 0 Å². The predicted molar refractivity (Wildman–Crippen MR) is 35.4 cm³/mol. The minimum absolute atomic E-state index is 0. The molecular formula is C8H11Y+2. The zero-order chi connectivity index (χ0) is 5.98. The van der Waals surface area contributed by atoms with Gasteiger partial charge in [0.25, 0.3) is 0 Å². The minimum atomic E-state index is 0. The van der Waals surface area contributed by atoms with Gasteiger partial charge in [-0.1, -0.05) is 13.3 Å². The Kier molecular flexibility index (Phi) is 4.69. The summed E-state index contributed by atoms with van der Waals surface area (Å²) in [6, 6.07) is 0. The van der Waals surface area contributed by atoms with Gasteiger partial charge in [0.05, 0.1) is 0 Å². The van der Waals surface area contributed by atoms with Crippen LogP contribution in [0.25, 0.3) is 0 Å². The van der Waals surface area contributed by atoms with Crippen LogP contribution >= 0.6 is 0 Å². The standard InChI is InChI=1S/C8H11.Y/c1-7-4-3-5-8(2)6-7;/h1,3-5H2,2H3;/q-1;+3. The summed E-state index contributed by atoms with van der Waals surface area (Å²) in [6.07, 6.45) is 6.85. The van der Waals surface area contributed by atoms with Gasteiger partial charge in [0.1, 0.15) is 0 Å². The van der Waals surface area contributed by atoms with E-state index >= 15 is 0 Å². The van der Waals surface area contributed by atoms with Crippen molar-refractivity contribution in [2.75, 3.05) is 0 Å². The molecule has 9 heavy (non-hydrogen) atoms. The third-order valence-corrected chi connectivity index (χ3v) is 1.42. The Hall–Kier alpha value is 0.584. The molecule has 0 radical (unpaired) electrons. The molecule has 1 aliphatic rings. The van der Waals surface area contributed by atoms with E-state index in [0.29, 0.717) is 0 Å². The monoisotopic (exact) mass is 196 g/mol. The van der Waals surface area contributed by atoms with Crippen LogP contribution in [0.3, 0.4) is 0 Å². The molecule has 0 aromatic rings. The van der Waals surface area contributed by atoms with Crippen molar-refractivity contribution < 1.29 is 32.7 Å². The normalized spacial score (nSPS) is 18.3. The molecule has 0 atom stereocenters. The second-order valence-electron chi connectivity index (χ2n) is 2.36. The zero-order valence-corrected chi connectivity index (χ0v) is 8.74. The molecule has 0 aromatic carbocycles. The quantitative estimate of drug-likeness (QED) is 0.522. The average molecular weight is 196 g/mol. The fraction of sp³-hybridized carbons (Fsp3) is 0.500. The van der Waals surface area contributed by atoms with Crippen LogP contribution in [0.4, 0.5) is 0 Å². The SMILES string of the molecule is C=C1[C-]=C(C)CCC1.[Y+3]. The van der Waals surface area contributed by atoms with Crippen molar-refractivity contribution in [2.24, 2.45) is 0 Å². The van der Waals surface area contributed by atoms with Gasteiger partial charge in [0, 0.05) is 0 Å². The molecule has 0 aliphatic heterocycles. The summed E-state index contributed by atoms with van der Waals surface area (Å²) in [5.41, 5.74) is 2.54. The molecule has 0 aromatic heterocycles. The smallest absolute Gasteiger partial charge is 0.249 e. The Morgan fingerprint density at radius 1 is 1.44 bits per heavy atom. The van der Waals surface area contributed by atoms with Crippen LogP contribution in [0.1, 0.15) is 26.2 Å². The van der Waals surface area contributed by atoms with E-state index in [9.17, 15) is 0 Å². The Morgan fingerprint density at radius 3 is 2.44 bits per heavy atom. The van der Waals surface area contributed by atoms with E-state index in [4.69, 9.17) is 0 Å². The molecule has 0 N–H and O–H groups in total. The van der Waals surface area contributed by atoms with Crippen LogP contribution in [-0.2, 0) is 32.7 Å². The van der Waals surface area contributed by atoms with Crippen LogP contribution in [-0.4, -0.2) is 0 Å². The van der Waals surface area contributed by atoms with Crippen molar-refractivity contribution in [1.82, 2.24) is 0 Å². The number of hydrogen-bond acceptors (Lipinski definition) is 0. The Labute approximate surface area is 82.3 Å². The first kappa shape index (κ1) is 9.58. The Bertz CT molecular complexity index is 134. The summed E-state index contributed by atoms with van der Waals surface area (Å²) in [5, 5.41) is 0. The van der Waals surface area contributed by atoms with Crippen LogP contribution in [0.2, 0.25) is 0 Å². The van der Waals surface area contributed by atoms with E-state index in [2.05, 4.69) is 19.6 Å². The fourth-order valence-corrected chi connectivity index (χ4v) is 0.994. The van der Waals surface area contributed by atoms with E-state index in [0.717, 1.165) is 6.42 Å². The molecule has 1 aliphatic carbocycles. The van der Waals surface area contributed by atoms with Crippen molar-refractivity contribution in [1.29, 1.82) is 0 Å². The number of allylic oxidation sites excluding steroid dienone is 3. The van der Waals surface area contributed by atoms with Crippen LogP contribution < -0.4 is 0 Å². The molecular weight excluding hydrogens is 185 g/mol. The van der Waals surface area contributed by atoms with E-state index in [1.165, 1.54) is 24.0 Å². The van der Waals surface area contributed by atoms with Gasteiger partial charge in [0.15, 0.2) is 0 Å². The predicted octanol–water partition coefficient (Wildman–Crippen LogP) is 2.47. The molecule has 0 fully saturated rings. The van der Waals surface area contributed by atoms with E-state index in [1.54, 1.807) is 0 Å².